The van der Waals surface area contributed by atoms with Crippen LogP contribution in [0.25, 0.3) is 21.8 Å². The van der Waals surface area contributed by atoms with Crippen molar-refractivity contribution < 1.29 is 9.53 Å². The lowest BCUT2D eigenvalue weighted by Gasteiger charge is -2.09. The van der Waals surface area contributed by atoms with Crippen LogP contribution in [0.15, 0.2) is 71.9 Å². The number of ketones is 1. The third kappa shape index (κ3) is 4.13. The molecule has 0 saturated heterocycles. The van der Waals surface area contributed by atoms with Crippen LogP contribution in [0.4, 0.5) is 0 Å². The van der Waals surface area contributed by atoms with Crippen molar-refractivity contribution in [2.75, 3.05) is 0 Å². The molecule has 2 N–H and O–H groups in total. The zero-order valence-electron chi connectivity index (χ0n) is 17.8. The van der Waals surface area contributed by atoms with Crippen molar-refractivity contribution in [2.24, 2.45) is 0 Å². The number of carbonyl (C=O) groups is 1. The molecule has 7 heteroatoms. The highest BCUT2D eigenvalue weighted by Gasteiger charge is 2.15. The monoisotopic (exact) mass is 457 g/mol. The van der Waals surface area contributed by atoms with Gasteiger partial charge in [-0.3, -0.25) is 14.6 Å². The first kappa shape index (κ1) is 21.0. The number of benzene rings is 2. The Balaban J connectivity index is 1.36. The van der Waals surface area contributed by atoms with Crippen LogP contribution in [0.3, 0.4) is 0 Å². The summed E-state index contributed by atoms with van der Waals surface area (Å²) in [6.07, 6.45) is 5.76. The van der Waals surface area contributed by atoms with Gasteiger partial charge in [0.1, 0.15) is 11.5 Å². The fourth-order valence-electron chi connectivity index (χ4n) is 3.97. The normalized spacial score (nSPS) is 11.2. The minimum atomic E-state index is -0.0676. The fraction of sp³-hybridized carbons (Fsp3) is 0.115. The number of hydrogen-bond acceptors (Lipinski definition) is 4. The maximum absolute atomic E-state index is 13.0. The van der Waals surface area contributed by atoms with E-state index >= 15 is 0 Å². The molecule has 0 atom stereocenters. The third-order valence-corrected chi connectivity index (χ3v) is 5.97. The van der Waals surface area contributed by atoms with E-state index in [2.05, 4.69) is 15.0 Å². The van der Waals surface area contributed by atoms with E-state index in [9.17, 15) is 9.59 Å². The summed E-state index contributed by atoms with van der Waals surface area (Å²) in [7, 11) is 0. The van der Waals surface area contributed by atoms with E-state index in [1.54, 1.807) is 49.8 Å². The predicted octanol–water partition coefficient (Wildman–Crippen LogP) is 5.97. The number of nitrogens with one attached hydrogen (secondary N) is 2. The van der Waals surface area contributed by atoms with Crippen LogP contribution in [0.5, 0.6) is 11.5 Å². The van der Waals surface area contributed by atoms with Gasteiger partial charge in [0.05, 0.1) is 6.20 Å². The summed E-state index contributed by atoms with van der Waals surface area (Å²) in [6, 6.07) is 14.4. The highest BCUT2D eigenvalue weighted by molar-refractivity contribution is 6.31. The topological polar surface area (TPSA) is 87.8 Å². The van der Waals surface area contributed by atoms with Gasteiger partial charge in [-0.25, -0.2) is 0 Å². The molecule has 5 aromatic rings. The zero-order valence-corrected chi connectivity index (χ0v) is 18.6. The molecule has 0 bridgehead atoms. The number of Topliss-reactive ketones (excluding diaryl/α,β-unsaturated/α-hetero) is 1. The Kier molecular flexibility index (Phi) is 5.44. The molecule has 0 unspecified atom stereocenters. The van der Waals surface area contributed by atoms with Gasteiger partial charge >= 0.3 is 0 Å². The van der Waals surface area contributed by atoms with E-state index in [1.807, 2.05) is 24.3 Å². The van der Waals surface area contributed by atoms with Gasteiger partial charge in [0.15, 0.2) is 11.2 Å². The van der Waals surface area contributed by atoms with Crippen molar-refractivity contribution in [3.63, 3.8) is 0 Å². The predicted molar refractivity (Wildman–Crippen MR) is 130 cm³/mol. The summed E-state index contributed by atoms with van der Waals surface area (Å²) in [6.45, 7) is 1.77. The van der Waals surface area contributed by atoms with Gasteiger partial charge < -0.3 is 14.7 Å². The highest BCUT2D eigenvalue weighted by atomic mass is 35.5. The number of aromatic nitrogens is 3. The number of pyridine rings is 2. The quantitative estimate of drug-likeness (QED) is 0.307. The Morgan fingerprint density at radius 2 is 1.94 bits per heavy atom. The summed E-state index contributed by atoms with van der Waals surface area (Å²) in [5, 5.41) is 1.90. The van der Waals surface area contributed by atoms with E-state index in [0.29, 0.717) is 45.0 Å². The van der Waals surface area contributed by atoms with E-state index in [4.69, 9.17) is 16.3 Å². The van der Waals surface area contributed by atoms with Crippen molar-refractivity contribution in [3.8, 4) is 11.5 Å². The first-order chi connectivity index (χ1) is 16.0. The van der Waals surface area contributed by atoms with Crippen LogP contribution in [0.1, 0.15) is 28.0 Å². The fourth-order valence-corrected chi connectivity index (χ4v) is 4.15. The van der Waals surface area contributed by atoms with Crippen LogP contribution in [0, 0.1) is 6.92 Å². The molecule has 0 radical (unpaired) electrons. The molecule has 0 aliphatic heterocycles. The first-order valence-electron chi connectivity index (χ1n) is 10.5. The molecule has 0 fully saturated rings. The highest BCUT2D eigenvalue weighted by Crippen LogP contribution is 2.27. The molecule has 164 valence electrons. The van der Waals surface area contributed by atoms with Crippen LogP contribution in [0.2, 0.25) is 5.02 Å². The van der Waals surface area contributed by atoms with Crippen LogP contribution < -0.4 is 10.2 Å². The number of halogens is 1. The Hall–Kier alpha value is -3.90. The van der Waals surface area contributed by atoms with Gasteiger partial charge in [-0.05, 0) is 55.8 Å². The summed E-state index contributed by atoms with van der Waals surface area (Å²) >= 11 is 6.03. The Bertz CT molecular complexity index is 1550. The van der Waals surface area contributed by atoms with Gasteiger partial charge in [-0.1, -0.05) is 11.6 Å². The Morgan fingerprint density at radius 3 is 2.76 bits per heavy atom. The van der Waals surface area contributed by atoms with Gasteiger partial charge in [0.25, 0.3) is 0 Å². The van der Waals surface area contributed by atoms with Gasteiger partial charge in [0, 0.05) is 68.5 Å². The maximum Gasteiger partial charge on any atom is 0.192 e. The summed E-state index contributed by atoms with van der Waals surface area (Å²) < 4.78 is 5.82. The number of rotatable bonds is 6. The minimum absolute atomic E-state index is 0.00127. The van der Waals surface area contributed by atoms with Crippen molar-refractivity contribution in [1.82, 2.24) is 15.0 Å². The third-order valence-electron chi connectivity index (χ3n) is 5.73. The van der Waals surface area contributed by atoms with Crippen LogP contribution in [-0.4, -0.2) is 20.7 Å². The largest absolute Gasteiger partial charge is 0.456 e. The molecule has 0 amide bonds. The number of aryl methyl sites for hydroxylation is 1. The number of ether oxygens (including phenoxy) is 1. The Morgan fingerprint density at radius 1 is 1.06 bits per heavy atom. The average molecular weight is 458 g/mol. The molecule has 0 aliphatic carbocycles. The smallest absolute Gasteiger partial charge is 0.192 e. The SMILES string of the molecule is Cc1c(CCC(=O)c2c[nH]c3cc(Oc4cccnc4)ccc23)[nH]c2ccc(Cl)cc2c1=O. The lowest BCUT2D eigenvalue weighted by Crippen LogP contribution is -2.13. The molecule has 2 aromatic carbocycles. The van der Waals surface area contributed by atoms with Gasteiger partial charge in [-0.2, -0.15) is 0 Å². The van der Waals surface area contributed by atoms with Crippen molar-refractivity contribution >= 4 is 39.2 Å². The van der Waals surface area contributed by atoms with Crippen molar-refractivity contribution in [3.05, 3.63) is 99.2 Å². The average Bonchev–Trinajstić information content (AvgIpc) is 3.25. The lowest BCUT2D eigenvalue weighted by molar-refractivity contribution is 0.0984. The second kappa shape index (κ2) is 8.56. The number of fused-ring (bicyclic) bond motifs is 2. The van der Waals surface area contributed by atoms with Crippen LogP contribution in [-0.2, 0) is 6.42 Å². The second-order valence-electron chi connectivity index (χ2n) is 7.87. The molecule has 6 nitrogen and oxygen atoms in total. The summed E-state index contributed by atoms with van der Waals surface area (Å²) in [5.41, 5.74) is 3.44. The Labute approximate surface area is 194 Å². The van der Waals surface area contributed by atoms with E-state index in [-0.39, 0.29) is 17.6 Å². The number of carbonyl (C=O) groups excluding carboxylic acids is 1. The zero-order chi connectivity index (χ0) is 22.9. The maximum atomic E-state index is 13.0. The molecule has 33 heavy (non-hydrogen) atoms. The van der Waals surface area contributed by atoms with E-state index in [0.717, 1.165) is 16.6 Å². The standard InChI is InChI=1S/C26H20ClN3O3/c1-15-22(30-23-7-4-16(27)11-20(23)26(15)32)8-9-25(31)21-14-29-24-12-17(5-6-19(21)24)33-18-3-2-10-28-13-18/h2-7,10-14,29H,8-9H2,1H3,(H,30,32). The second-order valence-corrected chi connectivity index (χ2v) is 8.31. The number of hydrogen-bond donors (Lipinski definition) is 2. The van der Waals surface area contributed by atoms with Crippen molar-refractivity contribution in [1.29, 1.82) is 0 Å². The van der Waals surface area contributed by atoms with E-state index in [1.165, 1.54) is 0 Å². The number of aromatic amines is 2. The molecule has 0 saturated carbocycles. The van der Waals surface area contributed by atoms with Gasteiger partial charge in [-0.15, -0.1) is 0 Å². The molecular formula is C26H20ClN3O3. The first-order valence-corrected chi connectivity index (χ1v) is 10.9. The van der Waals surface area contributed by atoms with Gasteiger partial charge in [0.2, 0.25) is 0 Å². The van der Waals surface area contributed by atoms with E-state index < -0.39 is 0 Å². The number of nitrogens with zero attached hydrogens (tertiary/aromatic N) is 1. The molecule has 3 heterocycles. The number of H-pyrrole nitrogens is 2. The molecule has 0 spiro atoms. The molecule has 5 rings (SSSR count). The van der Waals surface area contributed by atoms with Crippen LogP contribution >= 0.6 is 11.6 Å². The molecule has 0 aliphatic rings. The molecular weight excluding hydrogens is 438 g/mol. The molecule has 3 aromatic heterocycles. The lowest BCUT2D eigenvalue weighted by atomic mass is 10.0. The summed E-state index contributed by atoms with van der Waals surface area (Å²) in [4.78, 5) is 36.2. The summed E-state index contributed by atoms with van der Waals surface area (Å²) in [5.74, 6) is 1.29. The van der Waals surface area contributed by atoms with Crippen molar-refractivity contribution in [2.45, 2.75) is 19.8 Å². The minimum Gasteiger partial charge on any atom is -0.456 e.